The number of nitrogens with one attached hydrogen (secondary N) is 2. The molecule has 0 bridgehead atoms. The lowest BCUT2D eigenvalue weighted by Gasteiger charge is -2.07. The summed E-state index contributed by atoms with van der Waals surface area (Å²) in [5.74, 6) is 1.09. The van der Waals surface area contributed by atoms with Crippen LogP contribution in [-0.4, -0.2) is 22.9 Å². The normalized spacial score (nSPS) is 11.6. The predicted molar refractivity (Wildman–Crippen MR) is 104 cm³/mol. The predicted octanol–water partition coefficient (Wildman–Crippen LogP) is 3.64. The van der Waals surface area contributed by atoms with Gasteiger partial charge in [-0.2, -0.15) is 5.10 Å². The van der Waals surface area contributed by atoms with E-state index in [1.54, 1.807) is 14.0 Å². The van der Waals surface area contributed by atoms with Crippen LogP contribution in [-0.2, 0) is 0 Å². The van der Waals surface area contributed by atoms with Gasteiger partial charge in [-0.25, -0.2) is 4.98 Å². The fourth-order valence-electron chi connectivity index (χ4n) is 2.29. The Morgan fingerprint density at radius 2 is 1.85 bits per heavy atom. The summed E-state index contributed by atoms with van der Waals surface area (Å²) in [4.78, 5) is 18.2. The number of amidine groups is 1. The summed E-state index contributed by atoms with van der Waals surface area (Å²) in [6.07, 6.45) is 0. The topological polar surface area (TPSA) is 104 Å². The van der Waals surface area contributed by atoms with Gasteiger partial charge in [-0.3, -0.25) is 15.2 Å². The first-order valence-corrected chi connectivity index (χ1v) is 8.17. The van der Waals surface area contributed by atoms with E-state index in [9.17, 15) is 4.79 Å². The molecule has 0 unspecified atom stereocenters. The fraction of sp³-hybridized carbons (Fsp3) is 0.105. The molecular weight excluding hydrogens is 344 g/mol. The fourth-order valence-corrected chi connectivity index (χ4v) is 2.29. The lowest BCUT2D eigenvalue weighted by atomic mass is 10.2. The van der Waals surface area contributed by atoms with Crippen LogP contribution in [0, 0.1) is 6.92 Å². The van der Waals surface area contributed by atoms with Crippen molar-refractivity contribution in [2.24, 2.45) is 15.3 Å². The molecule has 0 aliphatic heterocycles. The highest BCUT2D eigenvalue weighted by Gasteiger charge is 2.05. The summed E-state index contributed by atoms with van der Waals surface area (Å²) in [7, 11) is 1.59. The van der Waals surface area contributed by atoms with Gasteiger partial charge in [0.1, 0.15) is 5.75 Å². The van der Waals surface area contributed by atoms with E-state index in [4.69, 9.17) is 4.74 Å². The second-order valence-corrected chi connectivity index (χ2v) is 5.52. The summed E-state index contributed by atoms with van der Waals surface area (Å²) in [6.45, 7) is 1.71. The second-order valence-electron chi connectivity index (χ2n) is 5.52. The molecule has 136 valence electrons. The maximum Gasteiger partial charge on any atom is 0.252 e. The zero-order chi connectivity index (χ0) is 19.1. The Bertz CT molecular complexity index is 1030. The third kappa shape index (κ3) is 4.85. The Morgan fingerprint density at radius 1 is 1.11 bits per heavy atom. The van der Waals surface area contributed by atoms with Crippen LogP contribution >= 0.6 is 0 Å². The molecule has 3 aromatic rings. The zero-order valence-electron chi connectivity index (χ0n) is 14.9. The number of benzene rings is 2. The molecule has 0 fully saturated rings. The number of aromatic nitrogens is 2. The van der Waals surface area contributed by atoms with Crippen molar-refractivity contribution in [2.75, 3.05) is 12.5 Å². The largest absolute Gasteiger partial charge is 0.495 e. The lowest BCUT2D eigenvalue weighted by molar-refractivity contribution is 0.416. The molecule has 8 heteroatoms. The van der Waals surface area contributed by atoms with Crippen molar-refractivity contribution in [3.8, 4) is 5.75 Å². The Hall–Kier alpha value is -3.81. The van der Waals surface area contributed by atoms with Crippen LogP contribution < -0.4 is 15.7 Å². The quantitative estimate of drug-likeness (QED) is 0.313. The highest BCUT2D eigenvalue weighted by Crippen LogP contribution is 2.23. The van der Waals surface area contributed by atoms with Crippen molar-refractivity contribution < 1.29 is 4.74 Å². The molecule has 0 amide bonds. The maximum absolute atomic E-state index is 11.6. The molecule has 2 N–H and O–H groups in total. The molecule has 1 heterocycles. The molecule has 1 aromatic heterocycles. The van der Waals surface area contributed by atoms with Crippen LogP contribution in [0.2, 0.25) is 0 Å². The summed E-state index contributed by atoms with van der Waals surface area (Å²) < 4.78 is 5.30. The first-order valence-electron chi connectivity index (χ1n) is 8.17. The Labute approximate surface area is 155 Å². The molecular formula is C19H18N6O2. The zero-order valence-corrected chi connectivity index (χ0v) is 14.9. The van der Waals surface area contributed by atoms with Crippen molar-refractivity contribution in [3.63, 3.8) is 0 Å². The average molecular weight is 362 g/mol. The number of rotatable bonds is 5. The van der Waals surface area contributed by atoms with Crippen LogP contribution in [0.25, 0.3) is 0 Å². The summed E-state index contributed by atoms with van der Waals surface area (Å²) >= 11 is 0. The number of H-pyrrole nitrogens is 1. The van der Waals surface area contributed by atoms with E-state index in [1.807, 2.05) is 54.6 Å². The van der Waals surface area contributed by atoms with Gasteiger partial charge in [0.15, 0.2) is 0 Å². The maximum atomic E-state index is 11.6. The number of nitrogens with zero attached hydrogens (tertiary/aromatic N) is 4. The molecule has 0 saturated heterocycles. The number of aryl methyl sites for hydroxylation is 1. The van der Waals surface area contributed by atoms with Gasteiger partial charge >= 0.3 is 0 Å². The highest BCUT2D eigenvalue weighted by molar-refractivity contribution is 5.99. The van der Waals surface area contributed by atoms with E-state index in [0.717, 1.165) is 5.56 Å². The second kappa shape index (κ2) is 8.52. The van der Waals surface area contributed by atoms with Gasteiger partial charge in [0.05, 0.1) is 12.8 Å². The van der Waals surface area contributed by atoms with Crippen LogP contribution in [0.4, 0.5) is 11.6 Å². The standard InChI is InChI=1S/C19H18N6O2/c1-13-12-17(26)21-19(20-13)25-24-18(14-8-4-3-5-9-14)23-22-15-10-6-7-11-16(15)27-2/h3-12,22H,1-2H3,(H,20,21,26). The summed E-state index contributed by atoms with van der Waals surface area (Å²) in [6, 6.07) is 18.1. The van der Waals surface area contributed by atoms with Crippen molar-refractivity contribution >= 4 is 17.5 Å². The number of hydrogen-bond acceptors (Lipinski definition) is 6. The van der Waals surface area contributed by atoms with E-state index in [0.29, 0.717) is 23.0 Å². The Morgan fingerprint density at radius 3 is 2.59 bits per heavy atom. The van der Waals surface area contributed by atoms with Crippen molar-refractivity contribution in [1.29, 1.82) is 0 Å². The first kappa shape index (κ1) is 18.0. The van der Waals surface area contributed by atoms with Crippen molar-refractivity contribution in [1.82, 2.24) is 9.97 Å². The monoisotopic (exact) mass is 362 g/mol. The molecule has 0 spiro atoms. The van der Waals surface area contributed by atoms with Crippen LogP contribution in [0.15, 0.2) is 80.8 Å². The molecule has 0 aliphatic carbocycles. The number of methoxy groups -OCH3 is 1. The number of ether oxygens (including phenoxy) is 1. The lowest BCUT2D eigenvalue weighted by Crippen LogP contribution is -2.06. The van der Waals surface area contributed by atoms with E-state index >= 15 is 0 Å². The molecule has 0 saturated carbocycles. The van der Waals surface area contributed by atoms with E-state index in [1.165, 1.54) is 6.07 Å². The van der Waals surface area contributed by atoms with Crippen LogP contribution in [0.5, 0.6) is 5.75 Å². The van der Waals surface area contributed by atoms with Gasteiger partial charge < -0.3 is 4.74 Å². The average Bonchev–Trinajstić information content (AvgIpc) is 2.68. The third-order valence-electron chi connectivity index (χ3n) is 3.52. The van der Waals surface area contributed by atoms with Gasteiger partial charge in [0.25, 0.3) is 5.56 Å². The number of para-hydroxylation sites is 2. The van der Waals surface area contributed by atoms with Crippen molar-refractivity contribution in [3.05, 3.63) is 82.3 Å². The number of azo groups is 1. The minimum absolute atomic E-state index is 0.112. The molecule has 3 rings (SSSR count). The summed E-state index contributed by atoms with van der Waals surface area (Å²) in [5.41, 5.74) is 4.64. The SMILES string of the molecule is COc1ccccc1NN=C(N=Nc1nc(C)cc(=O)[nH]1)c1ccccc1. The number of hydrogen-bond donors (Lipinski definition) is 2. The first-order chi connectivity index (χ1) is 13.2. The minimum Gasteiger partial charge on any atom is -0.495 e. The molecule has 0 radical (unpaired) electrons. The van der Waals surface area contributed by atoms with Crippen molar-refractivity contribution in [2.45, 2.75) is 6.92 Å². The Balaban J connectivity index is 1.94. The highest BCUT2D eigenvalue weighted by atomic mass is 16.5. The van der Waals surface area contributed by atoms with Crippen LogP contribution in [0.1, 0.15) is 11.3 Å². The summed E-state index contributed by atoms with van der Waals surface area (Å²) in [5, 5.41) is 12.5. The molecule has 8 nitrogen and oxygen atoms in total. The number of aromatic amines is 1. The van der Waals surface area contributed by atoms with Gasteiger partial charge in [0, 0.05) is 17.3 Å². The van der Waals surface area contributed by atoms with Gasteiger partial charge in [0.2, 0.25) is 11.8 Å². The molecule has 0 atom stereocenters. The minimum atomic E-state index is -0.290. The van der Waals surface area contributed by atoms with Gasteiger partial charge in [-0.1, -0.05) is 42.5 Å². The molecule has 27 heavy (non-hydrogen) atoms. The molecule has 0 aliphatic rings. The number of anilines is 1. The van der Waals surface area contributed by atoms with E-state index < -0.39 is 0 Å². The van der Waals surface area contributed by atoms with E-state index in [2.05, 4.69) is 30.7 Å². The smallest absolute Gasteiger partial charge is 0.252 e. The number of hydrazone groups is 1. The van der Waals surface area contributed by atoms with E-state index in [-0.39, 0.29) is 11.5 Å². The van der Waals surface area contributed by atoms with Gasteiger partial charge in [-0.15, -0.1) is 10.2 Å². The molecule has 2 aromatic carbocycles. The van der Waals surface area contributed by atoms with Crippen LogP contribution in [0.3, 0.4) is 0 Å². The third-order valence-corrected chi connectivity index (χ3v) is 3.52. The van der Waals surface area contributed by atoms with Gasteiger partial charge in [-0.05, 0) is 19.1 Å². The Kier molecular flexibility index (Phi) is 5.68.